The van der Waals surface area contributed by atoms with E-state index in [-0.39, 0.29) is 23.6 Å². The molecule has 3 N–H and O–H groups in total. The fraction of sp³-hybridized carbons (Fsp3) is 0.667. The fourth-order valence-corrected chi connectivity index (χ4v) is 5.16. The van der Waals surface area contributed by atoms with Crippen molar-refractivity contribution in [2.24, 2.45) is 17.0 Å². The topological polar surface area (TPSA) is 143 Å². The van der Waals surface area contributed by atoms with Gasteiger partial charge in [-0.1, -0.05) is 0 Å². The summed E-state index contributed by atoms with van der Waals surface area (Å²) in [6, 6.07) is 3.97. The number of aromatic amines is 1. The lowest BCUT2D eigenvalue weighted by molar-refractivity contribution is -0.0168. The highest BCUT2D eigenvalue weighted by molar-refractivity contribution is 5.78. The predicted molar refractivity (Wildman–Crippen MR) is 126 cm³/mol. The summed E-state index contributed by atoms with van der Waals surface area (Å²) in [6.07, 6.45) is 7.43. The van der Waals surface area contributed by atoms with Crippen LogP contribution in [0, 0.1) is 28.7 Å². The molecule has 10 heteroatoms. The van der Waals surface area contributed by atoms with Crippen molar-refractivity contribution >= 4 is 17.1 Å². The number of hydrogen-bond donors (Lipinski definition) is 3. The monoisotopic (exact) mass is 466 g/mol. The Labute approximate surface area is 200 Å². The maximum absolute atomic E-state index is 12.3. The first-order chi connectivity index (χ1) is 16.2. The van der Waals surface area contributed by atoms with E-state index in [0.29, 0.717) is 25.4 Å². The zero-order chi connectivity index (χ0) is 24.3. The Bertz CT molecular complexity index is 1050. The molecule has 2 aromatic rings. The summed E-state index contributed by atoms with van der Waals surface area (Å²) in [5, 5.41) is 17.8. The molecule has 1 unspecified atom stereocenters. The lowest BCUT2D eigenvalue weighted by Crippen LogP contribution is -2.71. The largest absolute Gasteiger partial charge is 0.444 e. The van der Waals surface area contributed by atoms with Crippen molar-refractivity contribution in [3.63, 3.8) is 0 Å². The summed E-state index contributed by atoms with van der Waals surface area (Å²) in [7, 11) is 0. The van der Waals surface area contributed by atoms with Gasteiger partial charge in [0.1, 0.15) is 23.6 Å². The number of carbonyl (C=O) groups excluding carboxylic acids is 1. The van der Waals surface area contributed by atoms with Crippen LogP contribution in [0.4, 0.5) is 4.79 Å². The van der Waals surface area contributed by atoms with E-state index in [1.54, 1.807) is 4.90 Å². The number of H-pyrrole nitrogens is 1. The summed E-state index contributed by atoms with van der Waals surface area (Å²) in [5.41, 5.74) is 8.55. The number of likely N-dealkylation sites (tertiary alicyclic amines) is 1. The molecular weight excluding hydrogens is 432 g/mol. The fourth-order valence-electron chi connectivity index (χ4n) is 5.16. The van der Waals surface area contributed by atoms with E-state index in [0.717, 1.165) is 49.0 Å². The third-order valence-corrected chi connectivity index (χ3v) is 6.96. The standard InChI is InChI=1S/C24H34N8O2/c1-23(2,3)34-22(33)32-13-24(14-32,9-10-25)30-12-16-4-6-17(7-5-16)19(31-26)20-18-8-11-27-21(18)29-15-28-20/h8,11,15-17,19,26,30H,4-7,9,12-14H2,1-3H3,(H,27,28,29). The normalized spacial score (nSPS) is 23.1. The summed E-state index contributed by atoms with van der Waals surface area (Å²) >= 11 is 0. The molecule has 1 saturated carbocycles. The number of amides is 1. The van der Waals surface area contributed by atoms with Crippen LogP contribution < -0.4 is 5.32 Å². The summed E-state index contributed by atoms with van der Waals surface area (Å²) in [4.78, 5) is 25.8. The smallest absolute Gasteiger partial charge is 0.410 e. The van der Waals surface area contributed by atoms with E-state index < -0.39 is 5.60 Å². The number of hydrogen-bond acceptors (Lipinski definition) is 8. The van der Waals surface area contributed by atoms with E-state index in [1.807, 2.05) is 33.0 Å². The number of aromatic nitrogens is 3. The van der Waals surface area contributed by atoms with Crippen molar-refractivity contribution in [1.29, 1.82) is 10.8 Å². The van der Waals surface area contributed by atoms with Gasteiger partial charge in [0.15, 0.2) is 0 Å². The first kappa shape index (κ1) is 24.1. The van der Waals surface area contributed by atoms with Crippen LogP contribution in [0.3, 0.4) is 0 Å². The lowest BCUT2D eigenvalue weighted by atomic mass is 9.77. The number of carbonyl (C=O) groups is 1. The molecule has 182 valence electrons. The van der Waals surface area contributed by atoms with Crippen molar-refractivity contribution in [2.75, 3.05) is 19.6 Å². The van der Waals surface area contributed by atoms with Crippen molar-refractivity contribution in [2.45, 2.75) is 70.1 Å². The number of nitrogens with one attached hydrogen (secondary N) is 3. The van der Waals surface area contributed by atoms with Gasteiger partial charge in [-0.25, -0.2) is 20.3 Å². The molecule has 1 aliphatic heterocycles. The Morgan fingerprint density at radius 1 is 1.38 bits per heavy atom. The molecular formula is C24H34N8O2. The van der Waals surface area contributed by atoms with Gasteiger partial charge in [-0.15, -0.1) is 0 Å². The second-order valence-corrected chi connectivity index (χ2v) is 10.7. The van der Waals surface area contributed by atoms with Crippen molar-refractivity contribution in [3.8, 4) is 6.07 Å². The molecule has 1 aliphatic carbocycles. The van der Waals surface area contributed by atoms with Gasteiger partial charge in [-0.05, 0) is 70.9 Å². The Kier molecular flexibility index (Phi) is 6.84. The number of nitriles is 1. The molecule has 1 atom stereocenters. The molecule has 1 saturated heterocycles. The Morgan fingerprint density at radius 3 is 2.76 bits per heavy atom. The van der Waals surface area contributed by atoms with Gasteiger partial charge in [-0.2, -0.15) is 10.4 Å². The Balaban J connectivity index is 1.30. The zero-order valence-electron chi connectivity index (χ0n) is 20.2. The van der Waals surface area contributed by atoms with Gasteiger partial charge < -0.3 is 19.9 Å². The van der Waals surface area contributed by atoms with Crippen LogP contribution in [-0.2, 0) is 4.74 Å². The van der Waals surface area contributed by atoms with Crippen LogP contribution in [0.2, 0.25) is 0 Å². The predicted octanol–water partition coefficient (Wildman–Crippen LogP) is 4.33. The number of fused-ring (bicyclic) bond motifs is 1. The van der Waals surface area contributed by atoms with Crippen LogP contribution in [0.1, 0.15) is 64.6 Å². The van der Waals surface area contributed by atoms with E-state index in [1.165, 1.54) is 6.33 Å². The molecule has 2 fully saturated rings. The SMILES string of the molecule is CC(C)(C)OC(=O)N1CC(CC#N)(NCC2CCC(C(N=N)c3ncnc4[nH]ccc34)CC2)C1. The third kappa shape index (κ3) is 5.20. The minimum Gasteiger partial charge on any atom is -0.444 e. The van der Waals surface area contributed by atoms with Crippen LogP contribution in [0.15, 0.2) is 23.7 Å². The molecule has 0 spiro atoms. The quantitative estimate of drug-likeness (QED) is 0.518. The van der Waals surface area contributed by atoms with E-state index in [4.69, 9.17) is 10.3 Å². The maximum atomic E-state index is 12.3. The summed E-state index contributed by atoms with van der Waals surface area (Å²) in [6.45, 7) is 7.36. The van der Waals surface area contributed by atoms with E-state index in [9.17, 15) is 10.1 Å². The molecule has 0 aromatic carbocycles. The van der Waals surface area contributed by atoms with E-state index >= 15 is 0 Å². The average molecular weight is 467 g/mol. The van der Waals surface area contributed by atoms with Gasteiger partial charge in [0.2, 0.25) is 0 Å². The number of rotatable bonds is 7. The first-order valence-corrected chi connectivity index (χ1v) is 12.0. The number of nitrogens with zero attached hydrogens (tertiary/aromatic N) is 5. The zero-order valence-corrected chi connectivity index (χ0v) is 20.2. The average Bonchev–Trinajstić information content (AvgIpc) is 3.25. The molecule has 1 amide bonds. The van der Waals surface area contributed by atoms with Crippen molar-refractivity contribution in [1.82, 2.24) is 25.2 Å². The van der Waals surface area contributed by atoms with Crippen LogP contribution in [0.5, 0.6) is 0 Å². The first-order valence-electron chi connectivity index (χ1n) is 12.0. The van der Waals surface area contributed by atoms with Crippen LogP contribution in [0.25, 0.3) is 11.0 Å². The van der Waals surface area contributed by atoms with E-state index in [2.05, 4.69) is 31.5 Å². The molecule has 0 radical (unpaired) electrons. The van der Waals surface area contributed by atoms with Gasteiger partial charge in [0, 0.05) is 24.7 Å². The van der Waals surface area contributed by atoms with Crippen molar-refractivity contribution < 1.29 is 9.53 Å². The molecule has 10 nitrogen and oxygen atoms in total. The number of ether oxygens (including phenoxy) is 1. The maximum Gasteiger partial charge on any atom is 0.410 e. The minimum absolute atomic E-state index is 0.255. The van der Waals surface area contributed by atoms with Crippen LogP contribution >= 0.6 is 0 Å². The molecule has 2 aliphatic rings. The molecule has 4 rings (SSSR count). The highest BCUT2D eigenvalue weighted by Gasteiger charge is 2.46. The molecule has 3 heterocycles. The second-order valence-electron chi connectivity index (χ2n) is 10.7. The van der Waals surface area contributed by atoms with Gasteiger partial charge in [0.25, 0.3) is 0 Å². The minimum atomic E-state index is -0.529. The second kappa shape index (κ2) is 9.66. The van der Waals surface area contributed by atoms with Gasteiger partial charge in [0.05, 0.1) is 23.7 Å². The van der Waals surface area contributed by atoms with Crippen molar-refractivity contribution in [3.05, 3.63) is 24.3 Å². The highest BCUT2D eigenvalue weighted by Crippen LogP contribution is 2.40. The van der Waals surface area contributed by atoms with Gasteiger partial charge in [-0.3, -0.25) is 0 Å². The summed E-state index contributed by atoms with van der Waals surface area (Å²) < 4.78 is 5.45. The molecule has 0 bridgehead atoms. The molecule has 2 aromatic heterocycles. The Hall–Kier alpha value is -3.06. The lowest BCUT2D eigenvalue weighted by Gasteiger charge is -2.50. The molecule has 34 heavy (non-hydrogen) atoms. The highest BCUT2D eigenvalue weighted by atomic mass is 16.6. The van der Waals surface area contributed by atoms with Crippen LogP contribution in [-0.4, -0.2) is 56.7 Å². The summed E-state index contributed by atoms with van der Waals surface area (Å²) in [5.74, 6) is 0.771. The Morgan fingerprint density at radius 2 is 2.12 bits per heavy atom. The van der Waals surface area contributed by atoms with Gasteiger partial charge >= 0.3 is 6.09 Å². The third-order valence-electron chi connectivity index (χ3n) is 6.96.